The van der Waals surface area contributed by atoms with Crippen molar-refractivity contribution in [2.75, 3.05) is 0 Å². The molecule has 2 aliphatic rings. The Morgan fingerprint density at radius 1 is 1.13 bits per heavy atom. The first-order chi connectivity index (χ1) is 13.7. The number of aromatic nitrogens is 2. The van der Waals surface area contributed by atoms with Crippen LogP contribution in [0.2, 0.25) is 18.1 Å². The van der Waals surface area contributed by atoms with Crippen LogP contribution >= 0.6 is 0 Å². The lowest BCUT2D eigenvalue weighted by Gasteiger charge is -2.41. The van der Waals surface area contributed by atoms with Gasteiger partial charge in [-0.15, -0.1) is 0 Å². The molecule has 1 aromatic heterocycles. The second kappa shape index (κ2) is 8.03. The molecule has 2 heterocycles. The number of rotatable bonds is 5. The summed E-state index contributed by atoms with van der Waals surface area (Å²) in [6.45, 7) is 19.6. The van der Waals surface area contributed by atoms with Crippen LogP contribution in [-0.2, 0) is 20.3 Å². The Labute approximate surface area is 183 Å². The van der Waals surface area contributed by atoms with Gasteiger partial charge in [-0.25, -0.2) is 0 Å². The van der Waals surface area contributed by atoms with Gasteiger partial charge in [0.2, 0.25) is 0 Å². The second-order valence-corrected chi connectivity index (χ2v) is 16.3. The maximum Gasteiger partial charge on any atom is 0.498 e. The van der Waals surface area contributed by atoms with Gasteiger partial charge in [0, 0.05) is 17.8 Å². The van der Waals surface area contributed by atoms with Crippen molar-refractivity contribution in [3.05, 3.63) is 11.9 Å². The molecule has 0 radical (unpaired) electrons. The molecule has 0 unspecified atom stereocenters. The number of hydrogen-bond donors (Lipinski definition) is 1. The molecule has 2 fully saturated rings. The van der Waals surface area contributed by atoms with Gasteiger partial charge >= 0.3 is 7.12 Å². The van der Waals surface area contributed by atoms with Crippen LogP contribution in [-0.4, -0.2) is 47.6 Å². The molecule has 8 heteroatoms. The van der Waals surface area contributed by atoms with E-state index in [1.165, 1.54) is 0 Å². The smallest absolute Gasteiger partial charge is 0.414 e. The molecular formula is C22H41BN2O4Si. The number of aliphatic hydroxyl groups is 1. The van der Waals surface area contributed by atoms with Crippen LogP contribution in [0, 0.1) is 0 Å². The third-order valence-corrected chi connectivity index (χ3v) is 12.4. The van der Waals surface area contributed by atoms with Crippen molar-refractivity contribution < 1.29 is 18.8 Å². The van der Waals surface area contributed by atoms with E-state index in [0.29, 0.717) is 6.10 Å². The van der Waals surface area contributed by atoms with E-state index in [-0.39, 0.29) is 17.7 Å². The van der Waals surface area contributed by atoms with Gasteiger partial charge < -0.3 is 18.8 Å². The highest BCUT2D eigenvalue weighted by Gasteiger charge is 2.53. The highest BCUT2D eigenvalue weighted by Crippen LogP contribution is 2.41. The maximum absolute atomic E-state index is 10.1. The first-order valence-electron chi connectivity index (χ1n) is 11.4. The molecule has 1 aliphatic heterocycles. The van der Waals surface area contributed by atoms with Crippen LogP contribution in [0.1, 0.15) is 85.9 Å². The molecule has 0 spiro atoms. The predicted molar refractivity (Wildman–Crippen MR) is 123 cm³/mol. The van der Waals surface area contributed by atoms with E-state index in [1.54, 1.807) is 0 Å². The molecule has 1 saturated carbocycles. The highest BCUT2D eigenvalue weighted by atomic mass is 28.4. The number of hydrogen-bond acceptors (Lipinski definition) is 5. The van der Waals surface area contributed by atoms with Gasteiger partial charge in [0.1, 0.15) is 0 Å². The summed E-state index contributed by atoms with van der Waals surface area (Å²) in [4.78, 5) is 0. The van der Waals surface area contributed by atoms with Gasteiger partial charge in [0.15, 0.2) is 8.32 Å². The standard InChI is InChI=1S/C22H41BN2O4Si/c1-20(2,3)30(8,9)27-17-12-10-16(11-13-17)25-19(15-26)18(14-24-25)23-28-21(4,5)22(6,7)29-23/h14,16-17,26H,10-13,15H2,1-9H3. The molecule has 1 saturated heterocycles. The van der Waals surface area contributed by atoms with Crippen LogP contribution in [0.25, 0.3) is 0 Å². The molecule has 0 aromatic carbocycles. The SMILES string of the molecule is CC1(C)OB(c2cnn(C3CCC(O[Si](C)(C)C(C)(C)C)CC3)c2CO)OC1(C)C. The van der Waals surface area contributed by atoms with Crippen molar-refractivity contribution in [1.82, 2.24) is 9.78 Å². The van der Waals surface area contributed by atoms with E-state index in [0.717, 1.165) is 36.8 Å². The quantitative estimate of drug-likeness (QED) is 0.702. The van der Waals surface area contributed by atoms with Crippen molar-refractivity contribution in [2.24, 2.45) is 0 Å². The fraction of sp³-hybridized carbons (Fsp3) is 0.864. The summed E-state index contributed by atoms with van der Waals surface area (Å²) in [6, 6.07) is 0.280. The first-order valence-corrected chi connectivity index (χ1v) is 14.3. The fourth-order valence-corrected chi connectivity index (χ4v) is 5.47. The van der Waals surface area contributed by atoms with E-state index in [1.807, 2.05) is 38.6 Å². The Balaban J connectivity index is 1.69. The highest BCUT2D eigenvalue weighted by molar-refractivity contribution is 6.74. The molecule has 1 N–H and O–H groups in total. The second-order valence-electron chi connectivity index (χ2n) is 11.5. The Bertz CT molecular complexity index is 733. The minimum Gasteiger partial charge on any atom is -0.414 e. The van der Waals surface area contributed by atoms with Gasteiger partial charge in [-0.2, -0.15) is 5.10 Å². The topological polar surface area (TPSA) is 65.7 Å². The van der Waals surface area contributed by atoms with Crippen molar-refractivity contribution in [2.45, 2.75) is 122 Å². The molecule has 30 heavy (non-hydrogen) atoms. The summed E-state index contributed by atoms with van der Waals surface area (Å²) < 4.78 is 21.0. The maximum atomic E-state index is 10.1. The molecule has 6 nitrogen and oxygen atoms in total. The van der Waals surface area contributed by atoms with E-state index >= 15 is 0 Å². The number of nitrogens with zero attached hydrogens (tertiary/aromatic N) is 2. The van der Waals surface area contributed by atoms with Crippen molar-refractivity contribution >= 4 is 20.9 Å². The summed E-state index contributed by atoms with van der Waals surface area (Å²) in [6.07, 6.45) is 6.24. The van der Waals surface area contributed by atoms with Crippen LogP contribution in [0.3, 0.4) is 0 Å². The summed E-state index contributed by atoms with van der Waals surface area (Å²) in [5, 5.41) is 15.0. The van der Waals surface area contributed by atoms with Gasteiger partial charge in [-0.3, -0.25) is 4.68 Å². The summed E-state index contributed by atoms with van der Waals surface area (Å²) in [5.74, 6) is 0. The summed E-state index contributed by atoms with van der Waals surface area (Å²) in [5.41, 5.74) is 0.829. The minimum absolute atomic E-state index is 0.0696. The third-order valence-electron chi connectivity index (χ3n) is 7.85. The molecule has 1 aliphatic carbocycles. The fourth-order valence-electron chi connectivity index (χ4n) is 4.05. The molecular weight excluding hydrogens is 395 g/mol. The van der Waals surface area contributed by atoms with Crippen LogP contribution in [0.15, 0.2) is 6.20 Å². The normalized spacial score (nSPS) is 26.9. The lowest BCUT2D eigenvalue weighted by molar-refractivity contribution is 0.00578. The zero-order chi connectivity index (χ0) is 22.5. The lowest BCUT2D eigenvalue weighted by atomic mass is 9.79. The van der Waals surface area contributed by atoms with Gasteiger partial charge in [-0.1, -0.05) is 20.8 Å². The van der Waals surface area contributed by atoms with Crippen molar-refractivity contribution in [1.29, 1.82) is 0 Å². The third kappa shape index (κ3) is 4.44. The number of aliphatic hydroxyl groups excluding tert-OH is 1. The lowest BCUT2D eigenvalue weighted by Crippen LogP contribution is -2.44. The Morgan fingerprint density at radius 3 is 2.13 bits per heavy atom. The molecule has 170 valence electrons. The van der Waals surface area contributed by atoms with E-state index in [4.69, 9.17) is 13.7 Å². The van der Waals surface area contributed by atoms with Gasteiger partial charge in [0.05, 0.1) is 29.5 Å². The molecule has 1 aromatic rings. The van der Waals surface area contributed by atoms with E-state index < -0.39 is 26.6 Å². The van der Waals surface area contributed by atoms with Gasteiger partial charge in [0.25, 0.3) is 0 Å². The van der Waals surface area contributed by atoms with Gasteiger partial charge in [-0.05, 0) is 71.5 Å². The largest absolute Gasteiger partial charge is 0.498 e. The average molecular weight is 436 g/mol. The molecule has 0 amide bonds. The predicted octanol–water partition coefficient (Wildman–Crippen LogP) is 4.18. The Kier molecular flexibility index (Phi) is 6.42. The molecule has 0 bridgehead atoms. The van der Waals surface area contributed by atoms with Crippen molar-refractivity contribution in [3.8, 4) is 0 Å². The molecule has 3 rings (SSSR count). The Hall–Kier alpha value is -0.668. The average Bonchev–Trinajstić information content (AvgIpc) is 3.12. The first kappa shape index (κ1) is 24.0. The summed E-state index contributed by atoms with van der Waals surface area (Å²) >= 11 is 0. The van der Waals surface area contributed by atoms with E-state index in [9.17, 15) is 5.11 Å². The van der Waals surface area contributed by atoms with E-state index in [2.05, 4.69) is 39.0 Å². The summed E-state index contributed by atoms with van der Waals surface area (Å²) in [7, 11) is -2.24. The minimum atomic E-state index is -1.75. The van der Waals surface area contributed by atoms with Crippen molar-refractivity contribution in [3.63, 3.8) is 0 Å². The van der Waals surface area contributed by atoms with Crippen LogP contribution < -0.4 is 5.46 Å². The zero-order valence-corrected chi connectivity index (χ0v) is 21.4. The monoisotopic (exact) mass is 436 g/mol. The Morgan fingerprint density at radius 2 is 1.67 bits per heavy atom. The van der Waals surface area contributed by atoms with Crippen LogP contribution in [0.5, 0.6) is 0 Å². The van der Waals surface area contributed by atoms with Crippen LogP contribution in [0.4, 0.5) is 0 Å². The molecule has 0 atom stereocenters. The zero-order valence-electron chi connectivity index (χ0n) is 20.4.